The van der Waals surface area contributed by atoms with Gasteiger partial charge >= 0.3 is 20.7 Å². The molecule has 0 fully saturated rings. The number of carbonyl (C=O) groups is 3. The molecule has 0 spiro atoms. The monoisotopic (exact) mass is 544 g/mol. The molecule has 196 valence electrons. The van der Waals surface area contributed by atoms with Gasteiger partial charge in [-0.05, 0) is 41.8 Å². The highest BCUT2D eigenvalue weighted by Gasteiger charge is 2.39. The normalized spacial score (nSPS) is 15.6. The van der Waals surface area contributed by atoms with Crippen molar-refractivity contribution in [1.29, 1.82) is 0 Å². The lowest BCUT2D eigenvalue weighted by Gasteiger charge is -2.30. The van der Waals surface area contributed by atoms with E-state index in [2.05, 4.69) is 20.6 Å². The SMILES string of the molecule is O=C(NC(C(=O)N[C@H]1Cc2cccc(C(=O)O)c2OB1O)c1ccc(P(=O)(O)O)c(F)c1)c1ncccn1. The Hall–Kier alpha value is -4.17. The van der Waals surface area contributed by atoms with Crippen LogP contribution in [0.2, 0.25) is 0 Å². The smallest absolute Gasteiger partial charge is 0.534 e. The summed E-state index contributed by atoms with van der Waals surface area (Å²) in [6, 6.07) is 6.67. The van der Waals surface area contributed by atoms with Crippen LogP contribution >= 0.6 is 7.60 Å². The largest absolute Gasteiger partial charge is 0.547 e. The van der Waals surface area contributed by atoms with E-state index in [9.17, 15) is 43.3 Å². The molecule has 13 nitrogen and oxygen atoms in total. The van der Waals surface area contributed by atoms with Gasteiger partial charge in [-0.25, -0.2) is 19.2 Å². The Kier molecular flexibility index (Phi) is 7.55. The van der Waals surface area contributed by atoms with Gasteiger partial charge < -0.3 is 35.2 Å². The van der Waals surface area contributed by atoms with Crippen molar-refractivity contribution in [3.8, 4) is 5.75 Å². The minimum absolute atomic E-state index is 0.0443. The molecular weight excluding hydrogens is 525 g/mol. The van der Waals surface area contributed by atoms with Crippen molar-refractivity contribution < 1.29 is 47.9 Å². The molecule has 0 saturated heterocycles. The van der Waals surface area contributed by atoms with Gasteiger partial charge in [-0.15, -0.1) is 0 Å². The number of amides is 2. The van der Waals surface area contributed by atoms with Crippen LogP contribution in [-0.2, 0) is 15.8 Å². The predicted molar refractivity (Wildman–Crippen MR) is 128 cm³/mol. The van der Waals surface area contributed by atoms with E-state index in [0.29, 0.717) is 11.6 Å². The second-order valence-corrected chi connectivity index (χ2v) is 9.73. The molecule has 0 bridgehead atoms. The zero-order valence-corrected chi connectivity index (χ0v) is 20.1. The molecule has 1 unspecified atom stereocenters. The summed E-state index contributed by atoms with van der Waals surface area (Å²) in [4.78, 5) is 63.6. The summed E-state index contributed by atoms with van der Waals surface area (Å²) in [6.07, 6.45) is 2.52. The summed E-state index contributed by atoms with van der Waals surface area (Å²) >= 11 is 0. The fraction of sp³-hybridized carbons (Fsp3) is 0.136. The highest BCUT2D eigenvalue weighted by atomic mass is 31.2. The van der Waals surface area contributed by atoms with Crippen LogP contribution in [0.15, 0.2) is 54.9 Å². The molecule has 0 saturated carbocycles. The Balaban J connectivity index is 1.63. The topological polar surface area (TPSA) is 208 Å². The summed E-state index contributed by atoms with van der Waals surface area (Å²) < 4.78 is 31.4. The fourth-order valence-electron chi connectivity index (χ4n) is 3.83. The van der Waals surface area contributed by atoms with E-state index in [4.69, 9.17) is 4.65 Å². The quantitative estimate of drug-likeness (QED) is 0.169. The molecule has 3 aromatic rings. The van der Waals surface area contributed by atoms with Crippen LogP contribution in [-0.4, -0.2) is 60.7 Å². The number of hydrogen-bond donors (Lipinski definition) is 6. The van der Waals surface area contributed by atoms with Crippen LogP contribution in [0.4, 0.5) is 4.39 Å². The average molecular weight is 544 g/mol. The number of aromatic carboxylic acids is 1. The van der Waals surface area contributed by atoms with Crippen molar-refractivity contribution >= 4 is 37.8 Å². The van der Waals surface area contributed by atoms with Crippen LogP contribution < -0.4 is 20.6 Å². The summed E-state index contributed by atoms with van der Waals surface area (Å²) in [7, 11) is -6.63. The number of carboxylic acids is 1. The van der Waals surface area contributed by atoms with Gasteiger partial charge in [0.25, 0.3) is 5.91 Å². The molecule has 38 heavy (non-hydrogen) atoms. The van der Waals surface area contributed by atoms with Crippen molar-refractivity contribution in [3.63, 3.8) is 0 Å². The molecule has 1 aliphatic rings. The molecule has 4 rings (SSSR count). The maximum absolute atomic E-state index is 14.6. The van der Waals surface area contributed by atoms with E-state index in [1.54, 1.807) is 6.07 Å². The van der Waals surface area contributed by atoms with Gasteiger partial charge in [-0.2, -0.15) is 0 Å². The molecule has 1 aromatic heterocycles. The number of fused-ring (bicyclic) bond motifs is 1. The maximum atomic E-state index is 14.6. The van der Waals surface area contributed by atoms with Crippen LogP contribution in [0.3, 0.4) is 0 Å². The van der Waals surface area contributed by atoms with Crippen molar-refractivity contribution in [2.75, 3.05) is 0 Å². The van der Waals surface area contributed by atoms with Gasteiger partial charge in [-0.3, -0.25) is 14.2 Å². The van der Waals surface area contributed by atoms with Gasteiger partial charge in [0.15, 0.2) is 0 Å². The van der Waals surface area contributed by atoms with E-state index in [1.807, 2.05) is 0 Å². The van der Waals surface area contributed by atoms with Gasteiger partial charge in [0.2, 0.25) is 11.7 Å². The molecule has 2 heterocycles. The molecule has 1 aliphatic heterocycles. The molecular formula is C22H19BFN4O9P. The molecule has 2 aromatic carbocycles. The Labute approximate surface area is 214 Å². The Morgan fingerprint density at radius 3 is 2.47 bits per heavy atom. The first-order valence-corrected chi connectivity index (χ1v) is 12.5. The third-order valence-electron chi connectivity index (χ3n) is 5.60. The zero-order chi connectivity index (χ0) is 27.6. The summed E-state index contributed by atoms with van der Waals surface area (Å²) in [5.41, 5.74) is 0.0250. The van der Waals surface area contributed by atoms with Crippen molar-refractivity contribution in [2.45, 2.75) is 18.4 Å². The van der Waals surface area contributed by atoms with Crippen molar-refractivity contribution in [2.24, 2.45) is 0 Å². The maximum Gasteiger partial charge on any atom is 0.547 e. The van der Waals surface area contributed by atoms with Gasteiger partial charge in [-0.1, -0.05) is 18.2 Å². The Morgan fingerprint density at radius 2 is 1.84 bits per heavy atom. The number of carboxylic acid groups (broad SMARTS) is 1. The first-order chi connectivity index (χ1) is 18.0. The number of rotatable bonds is 7. The van der Waals surface area contributed by atoms with Crippen molar-refractivity contribution in [1.82, 2.24) is 20.6 Å². The molecule has 6 N–H and O–H groups in total. The number of nitrogens with one attached hydrogen (secondary N) is 2. The third-order valence-corrected chi connectivity index (χ3v) is 6.59. The average Bonchev–Trinajstić information content (AvgIpc) is 2.86. The number of halogens is 1. The number of aromatic nitrogens is 2. The lowest BCUT2D eigenvalue weighted by Crippen LogP contribution is -2.55. The van der Waals surface area contributed by atoms with E-state index < -0.39 is 55.6 Å². The second-order valence-electron chi connectivity index (χ2n) is 8.16. The van der Waals surface area contributed by atoms with E-state index >= 15 is 0 Å². The molecule has 0 radical (unpaired) electrons. The third kappa shape index (κ3) is 5.71. The number of nitrogens with zero attached hydrogens (tertiary/aromatic N) is 2. The minimum atomic E-state index is -4.96. The summed E-state index contributed by atoms with van der Waals surface area (Å²) in [6.45, 7) is 0. The highest BCUT2D eigenvalue weighted by molar-refractivity contribution is 7.60. The van der Waals surface area contributed by atoms with E-state index in [1.165, 1.54) is 30.6 Å². The molecule has 2 amide bonds. The van der Waals surface area contributed by atoms with Crippen LogP contribution in [0, 0.1) is 5.82 Å². The van der Waals surface area contributed by atoms with Crippen LogP contribution in [0.1, 0.15) is 38.1 Å². The van der Waals surface area contributed by atoms with E-state index in [0.717, 1.165) is 12.1 Å². The summed E-state index contributed by atoms with van der Waals surface area (Å²) in [5, 5.41) is 23.7. The number of para-hydroxylation sites is 1. The standard InChI is InChI=1S/C22H19BFN4O9P/c24-14-9-11(5-6-15(14)38(34,35)36)17(28-21(30)19-25-7-2-8-26-19)20(29)27-16-10-12-3-1-4-13(22(31)32)18(12)37-23(16)33/h1-9,16-17,33H,10H2,(H,27,29)(H,28,30)(H,31,32)(H2,34,35,36)/t16-,17?/m0/s1. The Morgan fingerprint density at radius 1 is 1.13 bits per heavy atom. The first-order valence-electron chi connectivity index (χ1n) is 10.9. The number of hydrogen-bond acceptors (Lipinski definition) is 8. The summed E-state index contributed by atoms with van der Waals surface area (Å²) in [5.74, 6) is -5.91. The van der Waals surface area contributed by atoms with Gasteiger partial charge in [0.1, 0.15) is 17.6 Å². The minimum Gasteiger partial charge on any atom is -0.534 e. The lowest BCUT2D eigenvalue weighted by molar-refractivity contribution is -0.123. The van der Waals surface area contributed by atoms with Crippen molar-refractivity contribution in [3.05, 3.63) is 83.2 Å². The molecule has 0 aliphatic carbocycles. The number of benzene rings is 2. The van der Waals surface area contributed by atoms with Gasteiger partial charge in [0.05, 0.1) is 16.8 Å². The highest BCUT2D eigenvalue weighted by Crippen LogP contribution is 2.35. The lowest BCUT2D eigenvalue weighted by atomic mass is 9.72. The first kappa shape index (κ1) is 26.9. The second kappa shape index (κ2) is 10.7. The predicted octanol–water partition coefficient (Wildman–Crippen LogP) is -0.272. The molecule has 16 heteroatoms. The Bertz CT molecular complexity index is 1460. The van der Waals surface area contributed by atoms with Crippen LogP contribution in [0.5, 0.6) is 5.75 Å². The number of carbonyl (C=O) groups excluding carboxylic acids is 2. The fourth-order valence-corrected chi connectivity index (χ4v) is 4.44. The van der Waals surface area contributed by atoms with E-state index in [-0.39, 0.29) is 29.1 Å². The molecule has 2 atom stereocenters. The van der Waals surface area contributed by atoms with Gasteiger partial charge in [0, 0.05) is 12.4 Å². The van der Waals surface area contributed by atoms with Crippen LogP contribution in [0.25, 0.3) is 0 Å². The zero-order valence-electron chi connectivity index (χ0n) is 19.2.